The molecule has 1 aliphatic heterocycles. The van der Waals surface area contributed by atoms with E-state index in [9.17, 15) is 17.6 Å². The molecule has 0 aliphatic carbocycles. The average molecular weight is 413 g/mol. The number of rotatable bonds is 9. The smallest absolute Gasteiger partial charge is 0.223 e. The summed E-state index contributed by atoms with van der Waals surface area (Å²) in [6, 6.07) is 6.03. The van der Waals surface area contributed by atoms with Crippen molar-refractivity contribution in [3.63, 3.8) is 0 Å². The fourth-order valence-corrected chi connectivity index (χ4v) is 4.86. The molecule has 1 aromatic carbocycles. The second-order valence-electron chi connectivity index (χ2n) is 7.93. The summed E-state index contributed by atoms with van der Waals surface area (Å²) in [5.41, 5.74) is 5.45. The predicted molar refractivity (Wildman–Crippen MR) is 106 cm³/mol. The highest BCUT2D eigenvalue weighted by molar-refractivity contribution is 7.91. The fourth-order valence-electron chi connectivity index (χ4n) is 3.26. The van der Waals surface area contributed by atoms with E-state index >= 15 is 0 Å². The van der Waals surface area contributed by atoms with Crippen molar-refractivity contribution in [2.24, 2.45) is 11.7 Å². The van der Waals surface area contributed by atoms with Gasteiger partial charge in [-0.25, -0.2) is 12.8 Å². The third-order valence-electron chi connectivity index (χ3n) is 5.00. The summed E-state index contributed by atoms with van der Waals surface area (Å²) >= 11 is 0. The van der Waals surface area contributed by atoms with Gasteiger partial charge >= 0.3 is 0 Å². The third kappa shape index (κ3) is 5.54. The SMILES string of the molecule is CC(CN1C(=O)CCC1(C)C)CS(=O)(=O)c1ccc(OC/C(=C/F)CN)cc1. The molecule has 1 aromatic rings. The molecule has 8 heteroatoms. The number of amides is 1. The summed E-state index contributed by atoms with van der Waals surface area (Å²) in [6.45, 7) is 6.34. The molecule has 1 aliphatic rings. The van der Waals surface area contributed by atoms with Gasteiger partial charge in [0.05, 0.1) is 17.0 Å². The Hall–Kier alpha value is -1.93. The number of nitrogens with two attached hydrogens (primary N) is 1. The number of nitrogens with zero attached hydrogens (tertiary/aromatic N) is 1. The molecule has 1 unspecified atom stereocenters. The lowest BCUT2D eigenvalue weighted by atomic mass is 10.0. The van der Waals surface area contributed by atoms with E-state index in [2.05, 4.69) is 0 Å². The number of benzene rings is 1. The van der Waals surface area contributed by atoms with Gasteiger partial charge in [-0.15, -0.1) is 0 Å². The first-order valence-corrected chi connectivity index (χ1v) is 11.0. The molecule has 0 saturated carbocycles. The minimum absolute atomic E-state index is 0.00970. The number of carbonyl (C=O) groups excluding carboxylic acids is 1. The molecule has 156 valence electrons. The molecule has 0 radical (unpaired) electrons. The van der Waals surface area contributed by atoms with Crippen LogP contribution in [0.3, 0.4) is 0 Å². The number of likely N-dealkylation sites (tertiary alicyclic amines) is 1. The minimum Gasteiger partial charge on any atom is -0.489 e. The van der Waals surface area contributed by atoms with Crippen molar-refractivity contribution in [3.8, 4) is 5.75 Å². The largest absolute Gasteiger partial charge is 0.489 e. The maximum Gasteiger partial charge on any atom is 0.223 e. The lowest BCUT2D eigenvalue weighted by Crippen LogP contribution is -2.44. The average Bonchev–Trinajstić information content (AvgIpc) is 2.89. The maximum atomic E-state index is 12.7. The van der Waals surface area contributed by atoms with E-state index in [0.29, 0.717) is 30.6 Å². The maximum absolute atomic E-state index is 12.7. The van der Waals surface area contributed by atoms with Crippen LogP contribution in [-0.4, -0.2) is 50.2 Å². The number of sulfone groups is 1. The first-order chi connectivity index (χ1) is 13.1. The monoisotopic (exact) mass is 412 g/mol. The highest BCUT2D eigenvalue weighted by Crippen LogP contribution is 2.30. The molecule has 1 saturated heterocycles. The van der Waals surface area contributed by atoms with Crippen molar-refractivity contribution in [2.45, 2.75) is 44.0 Å². The summed E-state index contributed by atoms with van der Waals surface area (Å²) in [5.74, 6) is 0.276. The topological polar surface area (TPSA) is 89.7 Å². The molecule has 28 heavy (non-hydrogen) atoms. The molecule has 2 rings (SSSR count). The zero-order valence-corrected chi connectivity index (χ0v) is 17.5. The van der Waals surface area contributed by atoms with Crippen molar-refractivity contribution in [1.29, 1.82) is 0 Å². The van der Waals surface area contributed by atoms with Crippen LogP contribution in [0.2, 0.25) is 0 Å². The Morgan fingerprint density at radius 2 is 2.00 bits per heavy atom. The van der Waals surface area contributed by atoms with Gasteiger partial charge in [-0.05, 0) is 50.5 Å². The standard InChI is InChI=1S/C20H29FN2O4S/c1-15(12-23-19(24)8-9-20(23,2)3)14-28(25,26)18-6-4-17(5-7-18)27-13-16(10-21)11-22/h4-7,10,15H,8-9,11-14,22H2,1-3H3/b16-10+. The van der Waals surface area contributed by atoms with Crippen molar-refractivity contribution < 1.29 is 22.3 Å². The summed E-state index contributed by atoms with van der Waals surface area (Å²) < 4.78 is 43.3. The van der Waals surface area contributed by atoms with E-state index in [1.165, 1.54) is 24.3 Å². The molecule has 0 spiro atoms. The molecule has 0 bridgehead atoms. The van der Waals surface area contributed by atoms with Gasteiger partial charge in [-0.2, -0.15) is 0 Å². The minimum atomic E-state index is -3.50. The number of hydrogen-bond donors (Lipinski definition) is 1. The van der Waals surface area contributed by atoms with E-state index in [1.54, 1.807) is 4.90 Å². The van der Waals surface area contributed by atoms with E-state index < -0.39 is 9.84 Å². The Bertz CT molecular complexity index is 819. The van der Waals surface area contributed by atoms with E-state index in [4.69, 9.17) is 10.5 Å². The van der Waals surface area contributed by atoms with Gasteiger partial charge in [0.25, 0.3) is 0 Å². The van der Waals surface area contributed by atoms with Crippen LogP contribution >= 0.6 is 0 Å². The van der Waals surface area contributed by atoms with Crippen molar-refractivity contribution >= 4 is 15.7 Å². The Kier molecular flexibility index (Phi) is 7.22. The zero-order valence-electron chi connectivity index (χ0n) is 16.7. The third-order valence-corrected chi connectivity index (χ3v) is 7.00. The number of hydrogen-bond acceptors (Lipinski definition) is 5. The Morgan fingerprint density at radius 3 is 2.50 bits per heavy atom. The van der Waals surface area contributed by atoms with Crippen molar-refractivity contribution in [3.05, 3.63) is 36.2 Å². The highest BCUT2D eigenvalue weighted by atomic mass is 32.2. The summed E-state index contributed by atoms with van der Waals surface area (Å²) in [6.07, 6.45) is 1.71. The Labute approximate surface area is 166 Å². The predicted octanol–water partition coefficient (Wildman–Crippen LogP) is 2.69. The van der Waals surface area contributed by atoms with Crippen LogP contribution in [0.1, 0.15) is 33.6 Å². The molecular formula is C20H29FN2O4S. The van der Waals surface area contributed by atoms with Gasteiger partial charge in [0.1, 0.15) is 12.4 Å². The number of halogens is 1. The van der Waals surface area contributed by atoms with Crippen LogP contribution in [0.5, 0.6) is 5.75 Å². The van der Waals surface area contributed by atoms with Crippen LogP contribution < -0.4 is 10.5 Å². The van der Waals surface area contributed by atoms with Gasteiger partial charge in [0.2, 0.25) is 5.91 Å². The Morgan fingerprint density at radius 1 is 1.36 bits per heavy atom. The first-order valence-electron chi connectivity index (χ1n) is 9.33. The molecule has 1 amide bonds. The van der Waals surface area contributed by atoms with Gasteiger partial charge in [-0.1, -0.05) is 6.92 Å². The van der Waals surface area contributed by atoms with Gasteiger partial charge in [-0.3, -0.25) is 4.79 Å². The van der Waals surface area contributed by atoms with Crippen LogP contribution in [0, 0.1) is 5.92 Å². The molecular weight excluding hydrogens is 383 g/mol. The van der Waals surface area contributed by atoms with Crippen molar-refractivity contribution in [1.82, 2.24) is 4.90 Å². The second kappa shape index (κ2) is 9.05. The molecule has 6 nitrogen and oxygen atoms in total. The normalized spacial score (nSPS) is 18.4. The van der Waals surface area contributed by atoms with Gasteiger partial charge < -0.3 is 15.4 Å². The summed E-state index contributed by atoms with van der Waals surface area (Å²) in [5, 5.41) is 0. The molecule has 1 heterocycles. The zero-order chi connectivity index (χ0) is 20.9. The molecule has 1 atom stereocenters. The first kappa shape index (κ1) is 22.4. The summed E-state index contributed by atoms with van der Waals surface area (Å²) in [4.78, 5) is 14.1. The number of ether oxygens (including phenoxy) is 1. The molecule has 2 N–H and O–H groups in total. The highest BCUT2D eigenvalue weighted by Gasteiger charge is 2.38. The van der Waals surface area contributed by atoms with E-state index in [-0.39, 0.29) is 41.2 Å². The van der Waals surface area contributed by atoms with Gasteiger partial charge in [0, 0.05) is 30.6 Å². The fraction of sp³-hybridized carbons (Fsp3) is 0.550. The van der Waals surface area contributed by atoms with E-state index in [0.717, 1.165) is 6.42 Å². The Balaban J connectivity index is 1.99. The lowest BCUT2D eigenvalue weighted by Gasteiger charge is -2.33. The van der Waals surface area contributed by atoms with Crippen LogP contribution in [0.4, 0.5) is 4.39 Å². The quantitative estimate of drug-likeness (QED) is 0.674. The van der Waals surface area contributed by atoms with E-state index in [1.807, 2.05) is 20.8 Å². The molecule has 1 fully saturated rings. The number of carbonyl (C=O) groups is 1. The van der Waals surface area contributed by atoms with Crippen molar-refractivity contribution in [2.75, 3.05) is 25.4 Å². The van der Waals surface area contributed by atoms with Gasteiger partial charge in [0.15, 0.2) is 9.84 Å². The van der Waals surface area contributed by atoms with Crippen LogP contribution in [0.25, 0.3) is 0 Å². The summed E-state index contributed by atoms with van der Waals surface area (Å²) in [7, 11) is -3.50. The van der Waals surface area contributed by atoms with Crippen LogP contribution in [0.15, 0.2) is 41.1 Å². The lowest BCUT2D eigenvalue weighted by molar-refractivity contribution is -0.131. The van der Waals surface area contributed by atoms with Crippen LogP contribution in [-0.2, 0) is 14.6 Å². The second-order valence-corrected chi connectivity index (χ2v) is 9.97. The molecule has 0 aromatic heterocycles.